The molecule has 3 fully saturated rings. The number of aromatic nitrogens is 4. The molecule has 8 atom stereocenters. The molecule has 41 heavy (non-hydrogen) atoms. The third-order valence-corrected chi connectivity index (χ3v) is 12.6. The maximum atomic E-state index is 12.9. The van der Waals surface area contributed by atoms with E-state index in [-0.39, 0.29) is 39.2 Å². The van der Waals surface area contributed by atoms with Crippen LogP contribution in [0.1, 0.15) is 46.3 Å². The fourth-order valence-corrected chi connectivity index (χ4v) is 9.02. The number of halogens is 1. The SMILES string of the molecule is CC1(C)[C@@H]2CC[C@@]1(C)C(OC(=O)Nc1nc(Cl)nc3c1ncn3[C@@H]1O[C@H](COP(=O)(O)CP(=O)(O)O)C(O)C1O)C2. The molecule has 2 saturated carbocycles. The Labute approximate surface area is 239 Å². The highest BCUT2D eigenvalue weighted by molar-refractivity contribution is 7.70. The van der Waals surface area contributed by atoms with Crippen molar-refractivity contribution in [3.63, 3.8) is 0 Å². The number of rotatable bonds is 8. The second-order valence-electron chi connectivity index (χ2n) is 11.6. The van der Waals surface area contributed by atoms with Crippen LogP contribution in [-0.4, -0.2) is 87.4 Å². The molecule has 2 aromatic heterocycles. The highest BCUT2D eigenvalue weighted by atomic mass is 35.5. The first-order valence-electron chi connectivity index (χ1n) is 12.8. The minimum absolute atomic E-state index is 0.0282. The van der Waals surface area contributed by atoms with Gasteiger partial charge in [0.25, 0.3) is 0 Å². The van der Waals surface area contributed by atoms with Crippen molar-refractivity contribution in [2.75, 3.05) is 17.8 Å². The van der Waals surface area contributed by atoms with Gasteiger partial charge in [0, 0.05) is 5.41 Å². The Bertz CT molecular complexity index is 1450. The number of carbonyl (C=O) groups excluding carboxylic acids is 1. The van der Waals surface area contributed by atoms with Crippen molar-refractivity contribution in [1.29, 1.82) is 0 Å². The maximum Gasteiger partial charge on any atom is 0.413 e. The van der Waals surface area contributed by atoms with E-state index in [4.69, 9.17) is 35.4 Å². The largest absolute Gasteiger partial charge is 0.445 e. The predicted octanol–water partition coefficient (Wildman–Crippen LogP) is 2.20. The average Bonchev–Trinajstić information content (AvgIpc) is 3.49. The summed E-state index contributed by atoms with van der Waals surface area (Å²) in [5, 5.41) is 23.4. The van der Waals surface area contributed by atoms with Gasteiger partial charge < -0.3 is 38.9 Å². The summed E-state index contributed by atoms with van der Waals surface area (Å²) in [5.41, 5.74) is -0.0184. The summed E-state index contributed by atoms with van der Waals surface area (Å²) in [6.45, 7) is 5.77. The zero-order chi connectivity index (χ0) is 30.1. The standard InChI is InChI=1S/C22H32ClN5O11P2/c1-21(2)10-4-5-22(21,3)12(6-10)39-20(31)26-16-13-17(27-19(23)25-16)28(8-24-13)18-15(30)14(29)11(38-18)7-37-41(35,36)9-40(32,33)34/h8,10-12,14-15,18,29-30H,4-7,9H2,1-3H3,(H,35,36)(H2,32,33,34)(H,25,26,27,31)/t10-,11-,12?,14?,15?,18-,22+/m1/s1. The Morgan fingerprint density at radius 3 is 2.54 bits per heavy atom. The van der Waals surface area contributed by atoms with Crippen LogP contribution in [-0.2, 0) is 23.1 Å². The fourth-order valence-electron chi connectivity index (χ4n) is 6.29. The van der Waals surface area contributed by atoms with Gasteiger partial charge in [-0.2, -0.15) is 9.97 Å². The molecule has 5 rings (SSSR count). The molecule has 19 heteroatoms. The molecule has 0 spiro atoms. The number of anilines is 1. The van der Waals surface area contributed by atoms with Gasteiger partial charge in [-0.05, 0) is 42.2 Å². The van der Waals surface area contributed by atoms with Crippen molar-refractivity contribution in [2.45, 2.75) is 70.7 Å². The summed E-state index contributed by atoms with van der Waals surface area (Å²) >= 11 is 6.12. The van der Waals surface area contributed by atoms with E-state index in [1.807, 2.05) is 0 Å². The van der Waals surface area contributed by atoms with Crippen LogP contribution in [0.3, 0.4) is 0 Å². The van der Waals surface area contributed by atoms with Gasteiger partial charge in [0.2, 0.25) is 5.28 Å². The highest BCUT2D eigenvalue weighted by Crippen LogP contribution is 2.66. The van der Waals surface area contributed by atoms with Gasteiger partial charge in [0.05, 0.1) is 12.9 Å². The lowest BCUT2D eigenvalue weighted by molar-refractivity contribution is -0.0483. The lowest BCUT2D eigenvalue weighted by Gasteiger charge is -2.38. The Balaban J connectivity index is 1.31. The van der Waals surface area contributed by atoms with Gasteiger partial charge in [-0.1, -0.05) is 20.8 Å². The molecule has 1 aliphatic heterocycles. The van der Waals surface area contributed by atoms with Gasteiger partial charge in [0.15, 0.2) is 29.1 Å². The van der Waals surface area contributed by atoms with Crippen LogP contribution in [0.15, 0.2) is 6.33 Å². The summed E-state index contributed by atoms with van der Waals surface area (Å²) < 4.78 is 40.4. The molecular weight excluding hydrogens is 608 g/mol. The van der Waals surface area contributed by atoms with Crippen LogP contribution in [0.4, 0.5) is 10.6 Å². The monoisotopic (exact) mass is 639 g/mol. The summed E-state index contributed by atoms with van der Waals surface area (Å²) in [6.07, 6.45) is -2.90. The number of nitrogens with zero attached hydrogens (tertiary/aromatic N) is 4. The number of nitrogens with one attached hydrogen (secondary N) is 1. The molecule has 228 valence electrons. The van der Waals surface area contributed by atoms with Crippen molar-refractivity contribution >= 4 is 49.9 Å². The maximum absolute atomic E-state index is 12.9. The third-order valence-electron chi connectivity index (χ3n) is 8.99. The quantitative estimate of drug-likeness (QED) is 0.179. The van der Waals surface area contributed by atoms with Gasteiger partial charge in [-0.3, -0.25) is 19.0 Å². The Morgan fingerprint density at radius 1 is 1.22 bits per heavy atom. The van der Waals surface area contributed by atoms with Crippen LogP contribution in [0, 0.1) is 16.7 Å². The van der Waals surface area contributed by atoms with E-state index in [0.29, 0.717) is 5.92 Å². The van der Waals surface area contributed by atoms with E-state index in [1.165, 1.54) is 10.9 Å². The van der Waals surface area contributed by atoms with E-state index in [9.17, 15) is 29.0 Å². The number of carbonyl (C=O) groups is 1. The molecular formula is C22H32ClN5O11P2. The van der Waals surface area contributed by atoms with Crippen molar-refractivity contribution < 1.29 is 52.8 Å². The molecule has 2 bridgehead atoms. The van der Waals surface area contributed by atoms with Crippen LogP contribution < -0.4 is 5.32 Å². The molecule has 4 unspecified atom stereocenters. The van der Waals surface area contributed by atoms with Gasteiger partial charge >= 0.3 is 21.3 Å². The van der Waals surface area contributed by atoms with Crippen LogP contribution in [0.5, 0.6) is 0 Å². The number of hydrogen-bond acceptors (Lipinski definition) is 11. The number of amides is 1. The van der Waals surface area contributed by atoms with Gasteiger partial charge in [-0.15, -0.1) is 0 Å². The summed E-state index contributed by atoms with van der Waals surface area (Å²) in [7, 11) is -9.59. The van der Waals surface area contributed by atoms with Crippen molar-refractivity contribution in [2.24, 2.45) is 16.7 Å². The summed E-state index contributed by atoms with van der Waals surface area (Å²) in [5.74, 6) is -1.02. The topological polar surface area (TPSA) is 236 Å². The molecule has 3 heterocycles. The van der Waals surface area contributed by atoms with Crippen LogP contribution in [0.2, 0.25) is 5.28 Å². The summed E-state index contributed by atoms with van der Waals surface area (Å²) in [4.78, 5) is 52.9. The Hall–Kier alpha value is -1.71. The zero-order valence-electron chi connectivity index (χ0n) is 22.3. The average molecular weight is 640 g/mol. The van der Waals surface area contributed by atoms with Crippen LogP contribution >= 0.6 is 26.8 Å². The molecule has 16 nitrogen and oxygen atoms in total. The number of aliphatic hydroxyl groups excluding tert-OH is 2. The smallest absolute Gasteiger partial charge is 0.413 e. The normalized spacial score (nSPS) is 34.2. The molecule has 1 amide bonds. The van der Waals surface area contributed by atoms with Crippen molar-refractivity contribution in [1.82, 2.24) is 19.5 Å². The number of hydrogen-bond donors (Lipinski definition) is 6. The molecule has 2 aromatic rings. The number of ether oxygens (including phenoxy) is 2. The lowest BCUT2D eigenvalue weighted by atomic mass is 9.70. The van der Waals surface area contributed by atoms with Crippen molar-refractivity contribution in [3.05, 3.63) is 11.6 Å². The van der Waals surface area contributed by atoms with E-state index < -0.39 is 58.3 Å². The fraction of sp³-hybridized carbons (Fsp3) is 0.727. The summed E-state index contributed by atoms with van der Waals surface area (Å²) in [6, 6.07) is 0. The minimum atomic E-state index is -4.86. The van der Waals surface area contributed by atoms with E-state index in [1.54, 1.807) is 0 Å². The predicted molar refractivity (Wildman–Crippen MR) is 142 cm³/mol. The van der Waals surface area contributed by atoms with E-state index >= 15 is 0 Å². The number of imidazole rings is 1. The third kappa shape index (κ3) is 5.67. The van der Waals surface area contributed by atoms with E-state index in [2.05, 4.69) is 41.0 Å². The second kappa shape index (κ2) is 10.5. The van der Waals surface area contributed by atoms with Crippen LogP contribution in [0.25, 0.3) is 11.2 Å². The number of aliphatic hydroxyl groups is 2. The molecule has 0 aromatic carbocycles. The van der Waals surface area contributed by atoms with E-state index in [0.717, 1.165) is 19.3 Å². The molecule has 6 N–H and O–H groups in total. The molecule has 1 saturated heterocycles. The first-order chi connectivity index (χ1) is 18.9. The zero-order valence-corrected chi connectivity index (χ0v) is 24.9. The second-order valence-corrected chi connectivity index (χ2v) is 15.9. The minimum Gasteiger partial charge on any atom is -0.445 e. The van der Waals surface area contributed by atoms with Crippen molar-refractivity contribution in [3.8, 4) is 0 Å². The Kier molecular flexibility index (Phi) is 7.85. The lowest BCUT2D eigenvalue weighted by Crippen LogP contribution is -2.39. The van der Waals surface area contributed by atoms with Gasteiger partial charge in [0.1, 0.15) is 24.4 Å². The van der Waals surface area contributed by atoms with Gasteiger partial charge in [-0.25, -0.2) is 9.78 Å². The molecule has 2 aliphatic carbocycles. The number of fused-ring (bicyclic) bond motifs is 3. The highest BCUT2D eigenvalue weighted by Gasteiger charge is 2.63. The Morgan fingerprint density at radius 2 is 1.93 bits per heavy atom. The first kappa shape index (κ1) is 30.7. The first-order valence-corrected chi connectivity index (χ1v) is 16.8. The molecule has 3 aliphatic rings. The molecule has 0 radical (unpaired) electrons.